The third-order valence-corrected chi connectivity index (χ3v) is 3.50. The maximum Gasteiger partial charge on any atom is 0.240 e. The van der Waals surface area contributed by atoms with Gasteiger partial charge in [0, 0.05) is 18.8 Å². The van der Waals surface area contributed by atoms with Gasteiger partial charge in [0.05, 0.1) is 11.5 Å². The zero-order valence-electron chi connectivity index (χ0n) is 9.10. The summed E-state index contributed by atoms with van der Waals surface area (Å²) in [5, 5.41) is 11.6. The fourth-order valence-corrected chi connectivity index (χ4v) is 2.27. The topological polar surface area (TPSA) is 78.4 Å². The Morgan fingerprint density at radius 1 is 1.25 bits per heavy atom. The third kappa shape index (κ3) is 3.48. The standard InChI is InChI=1S/C10H16N2O3S/c1-2-12-16(14,15)10-5-3-9(4-6-10)11-7-8-13/h3-6,11-13H,2,7-8H2,1H3. The first kappa shape index (κ1) is 13.0. The summed E-state index contributed by atoms with van der Waals surface area (Å²) in [6.07, 6.45) is 0. The lowest BCUT2D eigenvalue weighted by atomic mass is 10.3. The molecule has 0 aliphatic carbocycles. The molecule has 1 aromatic carbocycles. The molecule has 6 heteroatoms. The van der Waals surface area contributed by atoms with Crippen molar-refractivity contribution in [3.63, 3.8) is 0 Å². The van der Waals surface area contributed by atoms with E-state index < -0.39 is 10.0 Å². The van der Waals surface area contributed by atoms with Crippen LogP contribution < -0.4 is 10.0 Å². The number of hydrogen-bond donors (Lipinski definition) is 3. The van der Waals surface area contributed by atoms with Gasteiger partial charge in [0.2, 0.25) is 10.0 Å². The maximum atomic E-state index is 11.6. The minimum atomic E-state index is -3.37. The van der Waals surface area contributed by atoms with Crippen LogP contribution in [0, 0.1) is 0 Å². The molecule has 0 bridgehead atoms. The molecular formula is C10H16N2O3S. The highest BCUT2D eigenvalue weighted by atomic mass is 32.2. The largest absolute Gasteiger partial charge is 0.395 e. The molecule has 3 N–H and O–H groups in total. The van der Waals surface area contributed by atoms with Gasteiger partial charge in [-0.25, -0.2) is 13.1 Å². The van der Waals surface area contributed by atoms with E-state index in [9.17, 15) is 8.42 Å². The Labute approximate surface area is 95.5 Å². The number of hydrogen-bond acceptors (Lipinski definition) is 4. The van der Waals surface area contributed by atoms with E-state index in [1.54, 1.807) is 19.1 Å². The number of anilines is 1. The normalized spacial score (nSPS) is 11.4. The minimum Gasteiger partial charge on any atom is -0.395 e. The molecule has 90 valence electrons. The third-order valence-electron chi connectivity index (χ3n) is 1.94. The lowest BCUT2D eigenvalue weighted by Gasteiger charge is -2.07. The van der Waals surface area contributed by atoms with Gasteiger partial charge in [-0.15, -0.1) is 0 Å². The van der Waals surface area contributed by atoms with Gasteiger partial charge in [0.25, 0.3) is 0 Å². The van der Waals surface area contributed by atoms with Crippen molar-refractivity contribution in [2.75, 3.05) is 25.0 Å². The molecule has 0 atom stereocenters. The molecule has 1 aromatic rings. The molecule has 0 heterocycles. The van der Waals surface area contributed by atoms with E-state index in [-0.39, 0.29) is 11.5 Å². The Morgan fingerprint density at radius 2 is 1.88 bits per heavy atom. The predicted molar refractivity (Wildman–Crippen MR) is 62.9 cm³/mol. The van der Waals surface area contributed by atoms with Gasteiger partial charge < -0.3 is 10.4 Å². The Bertz CT molecular complexity index is 414. The van der Waals surface area contributed by atoms with E-state index >= 15 is 0 Å². The van der Waals surface area contributed by atoms with Gasteiger partial charge in [-0.1, -0.05) is 6.92 Å². The van der Waals surface area contributed by atoms with Crippen molar-refractivity contribution in [1.82, 2.24) is 4.72 Å². The summed E-state index contributed by atoms with van der Waals surface area (Å²) in [6, 6.07) is 6.38. The van der Waals surface area contributed by atoms with E-state index in [1.807, 2.05) is 0 Å². The van der Waals surface area contributed by atoms with Crippen LogP contribution in [0.15, 0.2) is 29.2 Å². The first-order valence-corrected chi connectivity index (χ1v) is 6.53. The van der Waals surface area contributed by atoms with Crippen LogP contribution in [0.5, 0.6) is 0 Å². The van der Waals surface area contributed by atoms with Crippen molar-refractivity contribution in [2.45, 2.75) is 11.8 Å². The van der Waals surface area contributed by atoms with Crippen molar-refractivity contribution in [3.05, 3.63) is 24.3 Å². The van der Waals surface area contributed by atoms with E-state index in [4.69, 9.17) is 5.11 Å². The van der Waals surface area contributed by atoms with Crippen LogP contribution in [0.2, 0.25) is 0 Å². The van der Waals surface area contributed by atoms with Crippen LogP contribution in [-0.4, -0.2) is 33.2 Å². The second kappa shape index (κ2) is 5.83. The average molecular weight is 244 g/mol. The number of sulfonamides is 1. The molecule has 0 aromatic heterocycles. The molecule has 0 fully saturated rings. The Hall–Kier alpha value is -1.11. The summed E-state index contributed by atoms with van der Waals surface area (Å²) < 4.78 is 25.6. The van der Waals surface area contributed by atoms with Gasteiger partial charge in [-0.3, -0.25) is 0 Å². The Morgan fingerprint density at radius 3 is 2.38 bits per heavy atom. The molecule has 0 aliphatic rings. The van der Waals surface area contributed by atoms with Crippen LogP contribution in [0.1, 0.15) is 6.92 Å². The molecule has 0 spiro atoms. The van der Waals surface area contributed by atoms with Gasteiger partial charge in [-0.2, -0.15) is 0 Å². The first-order chi connectivity index (χ1) is 7.60. The highest BCUT2D eigenvalue weighted by Gasteiger charge is 2.11. The fraction of sp³-hybridized carbons (Fsp3) is 0.400. The molecule has 0 unspecified atom stereocenters. The molecule has 0 saturated carbocycles. The van der Waals surface area contributed by atoms with E-state index in [0.717, 1.165) is 5.69 Å². The summed E-state index contributed by atoms with van der Waals surface area (Å²) in [5.41, 5.74) is 0.782. The predicted octanol–water partition coefficient (Wildman–Crippen LogP) is 0.389. The SMILES string of the molecule is CCNS(=O)(=O)c1ccc(NCCO)cc1. The van der Waals surface area contributed by atoms with Gasteiger partial charge >= 0.3 is 0 Å². The first-order valence-electron chi connectivity index (χ1n) is 5.04. The van der Waals surface area contributed by atoms with Crippen molar-refractivity contribution in [1.29, 1.82) is 0 Å². The van der Waals surface area contributed by atoms with Crippen LogP contribution in [0.4, 0.5) is 5.69 Å². The highest BCUT2D eigenvalue weighted by molar-refractivity contribution is 7.89. The molecule has 16 heavy (non-hydrogen) atoms. The summed E-state index contributed by atoms with van der Waals surface area (Å²) in [4.78, 5) is 0.240. The molecule has 0 aliphatic heterocycles. The number of rotatable bonds is 6. The van der Waals surface area contributed by atoms with Crippen LogP contribution in [-0.2, 0) is 10.0 Å². The fourth-order valence-electron chi connectivity index (χ4n) is 1.23. The van der Waals surface area contributed by atoms with Crippen LogP contribution in [0.25, 0.3) is 0 Å². The summed E-state index contributed by atoms with van der Waals surface area (Å²) in [7, 11) is -3.37. The van der Waals surface area contributed by atoms with E-state index in [2.05, 4.69) is 10.0 Å². The van der Waals surface area contributed by atoms with Crippen LogP contribution in [0.3, 0.4) is 0 Å². The Kier molecular flexibility index (Phi) is 4.72. The molecule has 0 radical (unpaired) electrons. The highest BCUT2D eigenvalue weighted by Crippen LogP contribution is 2.13. The second-order valence-electron chi connectivity index (χ2n) is 3.18. The summed E-state index contributed by atoms with van der Waals surface area (Å²) >= 11 is 0. The van der Waals surface area contributed by atoms with E-state index in [0.29, 0.717) is 13.1 Å². The summed E-state index contributed by atoms with van der Waals surface area (Å²) in [6.45, 7) is 2.58. The lowest BCUT2D eigenvalue weighted by molar-refractivity contribution is 0.311. The minimum absolute atomic E-state index is 0.0391. The van der Waals surface area contributed by atoms with Crippen molar-refractivity contribution in [3.8, 4) is 0 Å². The average Bonchev–Trinajstić information content (AvgIpc) is 2.27. The molecule has 5 nitrogen and oxygen atoms in total. The zero-order valence-corrected chi connectivity index (χ0v) is 9.92. The van der Waals surface area contributed by atoms with Crippen molar-refractivity contribution >= 4 is 15.7 Å². The van der Waals surface area contributed by atoms with E-state index in [1.165, 1.54) is 12.1 Å². The van der Waals surface area contributed by atoms with Crippen molar-refractivity contribution in [2.24, 2.45) is 0 Å². The Balaban J connectivity index is 2.78. The maximum absolute atomic E-state index is 11.6. The molecule has 0 saturated heterocycles. The number of aliphatic hydroxyl groups is 1. The lowest BCUT2D eigenvalue weighted by Crippen LogP contribution is -2.23. The van der Waals surface area contributed by atoms with Crippen molar-refractivity contribution < 1.29 is 13.5 Å². The number of aliphatic hydroxyl groups excluding tert-OH is 1. The number of benzene rings is 1. The number of nitrogens with one attached hydrogen (secondary N) is 2. The molecular weight excluding hydrogens is 228 g/mol. The van der Waals surface area contributed by atoms with Crippen LogP contribution >= 0.6 is 0 Å². The molecule has 0 amide bonds. The smallest absolute Gasteiger partial charge is 0.240 e. The monoisotopic (exact) mass is 244 g/mol. The second-order valence-corrected chi connectivity index (χ2v) is 4.94. The van der Waals surface area contributed by atoms with Gasteiger partial charge in [0.1, 0.15) is 0 Å². The van der Waals surface area contributed by atoms with Gasteiger partial charge in [-0.05, 0) is 24.3 Å². The molecule has 1 rings (SSSR count). The summed E-state index contributed by atoms with van der Waals surface area (Å²) in [5.74, 6) is 0. The quantitative estimate of drug-likeness (QED) is 0.676. The van der Waals surface area contributed by atoms with Gasteiger partial charge in [0.15, 0.2) is 0 Å². The zero-order chi connectivity index (χ0) is 12.0.